The Morgan fingerprint density at radius 3 is 2.40 bits per heavy atom. The van der Waals surface area contributed by atoms with E-state index in [2.05, 4.69) is 32.9 Å². The van der Waals surface area contributed by atoms with E-state index in [0.29, 0.717) is 5.92 Å². The van der Waals surface area contributed by atoms with E-state index in [9.17, 15) is 4.79 Å². The highest BCUT2D eigenvalue weighted by Gasteiger charge is 2.28. The van der Waals surface area contributed by atoms with Crippen molar-refractivity contribution in [1.82, 2.24) is 14.7 Å². The number of para-hydroxylation sites is 1. The number of hydrogen-bond acceptors (Lipinski definition) is 2. The lowest BCUT2D eigenvalue weighted by Crippen LogP contribution is -2.36. The van der Waals surface area contributed by atoms with Gasteiger partial charge in [0.05, 0.1) is 22.6 Å². The van der Waals surface area contributed by atoms with Crippen LogP contribution in [0.2, 0.25) is 0 Å². The fourth-order valence-electron chi connectivity index (χ4n) is 3.64. The van der Waals surface area contributed by atoms with E-state index in [-0.39, 0.29) is 5.91 Å². The van der Waals surface area contributed by atoms with Crippen molar-refractivity contribution in [1.29, 1.82) is 0 Å². The molecule has 4 heteroatoms. The monoisotopic (exact) mass is 339 g/mol. The van der Waals surface area contributed by atoms with Crippen molar-refractivity contribution in [2.75, 3.05) is 13.1 Å². The van der Waals surface area contributed by atoms with E-state index in [1.54, 1.807) is 0 Å². The Bertz CT molecular complexity index is 712. The molecular formula is C21H29N3O. The summed E-state index contributed by atoms with van der Waals surface area (Å²) >= 11 is 0. The maximum atomic E-state index is 13.3. The molecule has 0 aliphatic carbocycles. The summed E-state index contributed by atoms with van der Waals surface area (Å²) in [5.74, 6) is 0.645. The minimum atomic E-state index is 0.175. The Morgan fingerprint density at radius 2 is 1.80 bits per heavy atom. The third-order valence-corrected chi connectivity index (χ3v) is 4.85. The number of benzene rings is 1. The molecule has 0 saturated carbocycles. The van der Waals surface area contributed by atoms with E-state index in [1.165, 1.54) is 6.42 Å². The lowest BCUT2D eigenvalue weighted by molar-refractivity contribution is 0.0722. The first kappa shape index (κ1) is 17.7. The van der Waals surface area contributed by atoms with E-state index in [4.69, 9.17) is 5.10 Å². The molecule has 2 aromatic rings. The average Bonchev–Trinajstić information content (AvgIpc) is 3.00. The van der Waals surface area contributed by atoms with Crippen molar-refractivity contribution in [3.8, 4) is 5.69 Å². The van der Waals surface area contributed by atoms with E-state index in [0.717, 1.165) is 61.4 Å². The molecule has 1 aliphatic rings. The molecule has 4 nitrogen and oxygen atoms in total. The number of hydrogen-bond donors (Lipinski definition) is 0. The first-order valence-corrected chi connectivity index (χ1v) is 9.57. The van der Waals surface area contributed by atoms with Gasteiger partial charge in [-0.1, -0.05) is 39.0 Å². The third-order valence-electron chi connectivity index (χ3n) is 4.85. The molecule has 25 heavy (non-hydrogen) atoms. The quantitative estimate of drug-likeness (QED) is 0.816. The topological polar surface area (TPSA) is 38.1 Å². The largest absolute Gasteiger partial charge is 0.339 e. The third kappa shape index (κ3) is 3.78. The number of rotatable bonds is 5. The van der Waals surface area contributed by atoms with E-state index in [1.807, 2.05) is 27.8 Å². The van der Waals surface area contributed by atoms with E-state index < -0.39 is 0 Å². The highest BCUT2D eigenvalue weighted by molar-refractivity contribution is 5.96. The van der Waals surface area contributed by atoms with Gasteiger partial charge in [-0.15, -0.1) is 0 Å². The molecule has 1 aromatic carbocycles. The second kappa shape index (κ2) is 7.85. The zero-order valence-corrected chi connectivity index (χ0v) is 15.7. The highest BCUT2D eigenvalue weighted by atomic mass is 16.2. The van der Waals surface area contributed by atoms with Gasteiger partial charge in [-0.3, -0.25) is 4.79 Å². The predicted octanol–water partition coefficient (Wildman–Crippen LogP) is 4.26. The van der Waals surface area contributed by atoms with Gasteiger partial charge < -0.3 is 4.90 Å². The van der Waals surface area contributed by atoms with Crippen molar-refractivity contribution in [3.63, 3.8) is 0 Å². The summed E-state index contributed by atoms with van der Waals surface area (Å²) in [5.41, 5.74) is 3.87. The van der Waals surface area contributed by atoms with Crippen LogP contribution in [0.3, 0.4) is 0 Å². The Kier molecular flexibility index (Phi) is 5.57. The Morgan fingerprint density at radius 1 is 1.12 bits per heavy atom. The molecule has 0 atom stereocenters. The summed E-state index contributed by atoms with van der Waals surface area (Å²) in [6.07, 6.45) is 5.09. The first-order chi connectivity index (χ1) is 12.1. The molecule has 0 unspecified atom stereocenters. The molecule has 0 bridgehead atoms. The summed E-state index contributed by atoms with van der Waals surface area (Å²) in [4.78, 5) is 15.3. The van der Waals surface area contributed by atoms with Crippen LogP contribution >= 0.6 is 0 Å². The number of likely N-dealkylation sites (tertiary alicyclic amines) is 1. The van der Waals surface area contributed by atoms with Crippen LogP contribution in [-0.4, -0.2) is 33.7 Å². The van der Waals surface area contributed by atoms with Gasteiger partial charge in [-0.05, 0) is 50.2 Å². The molecule has 0 N–H and O–H groups in total. The lowest BCUT2D eigenvalue weighted by Gasteiger charge is -2.27. The smallest absolute Gasteiger partial charge is 0.257 e. The van der Waals surface area contributed by atoms with E-state index >= 15 is 0 Å². The summed E-state index contributed by atoms with van der Waals surface area (Å²) in [6, 6.07) is 10.2. The van der Waals surface area contributed by atoms with Crippen LogP contribution in [0.15, 0.2) is 30.3 Å². The van der Waals surface area contributed by atoms with Gasteiger partial charge in [0.25, 0.3) is 5.91 Å². The molecule has 0 spiro atoms. The molecule has 1 aliphatic heterocycles. The number of nitrogens with zero attached hydrogens (tertiary/aromatic N) is 3. The molecule has 1 amide bonds. The standard InChI is InChI=1S/C21H29N3O/c1-4-19-20(21(25)23-13-9-6-10-14-23)18(15-16(2)3)22-24(19)17-11-7-5-8-12-17/h5,7-8,11-12,16H,4,6,9-10,13-15H2,1-3H3. The maximum Gasteiger partial charge on any atom is 0.257 e. The van der Waals surface area contributed by atoms with Crippen LogP contribution in [0.1, 0.15) is 61.8 Å². The molecule has 1 fully saturated rings. The van der Waals surface area contributed by atoms with Crippen LogP contribution in [-0.2, 0) is 12.8 Å². The van der Waals surface area contributed by atoms with Crippen molar-refractivity contribution >= 4 is 5.91 Å². The summed E-state index contributed by atoms with van der Waals surface area (Å²) in [7, 11) is 0. The Balaban J connectivity index is 2.07. The Hall–Kier alpha value is -2.10. The van der Waals surface area contributed by atoms with Crippen LogP contribution in [0.25, 0.3) is 5.69 Å². The van der Waals surface area contributed by atoms with Crippen LogP contribution < -0.4 is 0 Å². The number of piperidine rings is 1. The van der Waals surface area contributed by atoms with Crippen molar-refractivity contribution in [2.45, 2.75) is 52.9 Å². The summed E-state index contributed by atoms with van der Waals surface area (Å²) < 4.78 is 1.98. The SMILES string of the molecule is CCc1c(C(=O)N2CCCCC2)c(CC(C)C)nn1-c1ccccc1. The van der Waals surface area contributed by atoms with Crippen LogP contribution in [0.4, 0.5) is 0 Å². The normalized spacial score (nSPS) is 15.0. The maximum absolute atomic E-state index is 13.3. The van der Waals surface area contributed by atoms with Gasteiger partial charge in [0.1, 0.15) is 0 Å². The Labute approximate surface area is 150 Å². The highest BCUT2D eigenvalue weighted by Crippen LogP contribution is 2.25. The molecule has 0 radical (unpaired) electrons. The minimum absolute atomic E-state index is 0.175. The summed E-state index contributed by atoms with van der Waals surface area (Å²) in [5, 5.41) is 4.88. The van der Waals surface area contributed by atoms with Gasteiger partial charge in [-0.2, -0.15) is 5.10 Å². The predicted molar refractivity (Wildman–Crippen MR) is 101 cm³/mol. The zero-order valence-electron chi connectivity index (χ0n) is 15.7. The average molecular weight is 339 g/mol. The van der Waals surface area contributed by atoms with Crippen LogP contribution in [0, 0.1) is 5.92 Å². The number of aromatic nitrogens is 2. The molecule has 134 valence electrons. The fraction of sp³-hybridized carbons (Fsp3) is 0.524. The number of carbonyl (C=O) groups is 1. The van der Waals surface area contributed by atoms with Gasteiger partial charge in [0.2, 0.25) is 0 Å². The zero-order chi connectivity index (χ0) is 17.8. The van der Waals surface area contributed by atoms with Gasteiger partial charge in [-0.25, -0.2) is 4.68 Å². The number of amides is 1. The first-order valence-electron chi connectivity index (χ1n) is 9.57. The molecule has 3 rings (SSSR count). The second-order valence-corrected chi connectivity index (χ2v) is 7.32. The molecule has 1 saturated heterocycles. The van der Waals surface area contributed by atoms with Crippen molar-refractivity contribution in [2.24, 2.45) is 5.92 Å². The van der Waals surface area contributed by atoms with Crippen molar-refractivity contribution in [3.05, 3.63) is 47.3 Å². The fourth-order valence-corrected chi connectivity index (χ4v) is 3.64. The van der Waals surface area contributed by atoms with Gasteiger partial charge in [0.15, 0.2) is 0 Å². The number of carbonyl (C=O) groups excluding carboxylic acids is 1. The minimum Gasteiger partial charge on any atom is -0.339 e. The molecule has 2 heterocycles. The van der Waals surface area contributed by atoms with Gasteiger partial charge >= 0.3 is 0 Å². The molecule has 1 aromatic heterocycles. The van der Waals surface area contributed by atoms with Crippen LogP contribution in [0.5, 0.6) is 0 Å². The van der Waals surface area contributed by atoms with Crippen molar-refractivity contribution < 1.29 is 4.79 Å². The molecular weight excluding hydrogens is 310 g/mol. The second-order valence-electron chi connectivity index (χ2n) is 7.32. The lowest BCUT2D eigenvalue weighted by atomic mass is 10.0. The summed E-state index contributed by atoms with van der Waals surface area (Å²) in [6.45, 7) is 8.23. The van der Waals surface area contributed by atoms with Gasteiger partial charge in [0, 0.05) is 13.1 Å².